The zero-order valence-corrected chi connectivity index (χ0v) is 10.6. The number of hydrogen-bond donors (Lipinski definition) is 2. The Morgan fingerprint density at radius 2 is 2.37 bits per heavy atom. The third kappa shape index (κ3) is 2.22. The first kappa shape index (κ1) is 12.2. The van der Waals surface area contributed by atoms with Gasteiger partial charge in [0.2, 0.25) is 0 Å². The molecule has 0 amide bonds. The van der Waals surface area contributed by atoms with Crippen molar-refractivity contribution in [3.63, 3.8) is 0 Å². The van der Waals surface area contributed by atoms with Crippen LogP contribution in [-0.2, 0) is 13.0 Å². The van der Waals surface area contributed by atoms with Gasteiger partial charge in [-0.05, 0) is 5.56 Å². The number of nitrogens with two attached hydrogens (primary N) is 1. The van der Waals surface area contributed by atoms with Crippen molar-refractivity contribution in [1.82, 2.24) is 9.78 Å². The third-order valence-corrected chi connectivity index (χ3v) is 3.36. The van der Waals surface area contributed by atoms with Gasteiger partial charge in [0.15, 0.2) is 0 Å². The zero-order valence-electron chi connectivity index (χ0n) is 10.6. The molecule has 1 aromatic carbocycles. The van der Waals surface area contributed by atoms with Gasteiger partial charge in [-0.3, -0.25) is 4.68 Å². The SMILES string of the molecule is NC[C@H]1Cc2cccc(-c3cnn(CCO)c3)c2O1. The molecule has 100 valence electrons. The van der Waals surface area contributed by atoms with E-state index in [1.165, 1.54) is 5.56 Å². The van der Waals surface area contributed by atoms with Gasteiger partial charge >= 0.3 is 0 Å². The van der Waals surface area contributed by atoms with E-state index in [0.717, 1.165) is 23.3 Å². The molecule has 0 unspecified atom stereocenters. The van der Waals surface area contributed by atoms with E-state index in [9.17, 15) is 0 Å². The van der Waals surface area contributed by atoms with Crippen molar-refractivity contribution in [2.45, 2.75) is 19.1 Å². The number of ether oxygens (including phenoxy) is 1. The van der Waals surface area contributed by atoms with E-state index in [-0.39, 0.29) is 12.7 Å². The Balaban J connectivity index is 1.95. The Bertz CT molecular complexity index is 580. The third-order valence-electron chi connectivity index (χ3n) is 3.36. The number of rotatable bonds is 4. The quantitative estimate of drug-likeness (QED) is 0.852. The minimum Gasteiger partial charge on any atom is -0.488 e. The maximum atomic E-state index is 8.92. The van der Waals surface area contributed by atoms with Crippen LogP contribution in [0.5, 0.6) is 5.75 Å². The molecule has 3 rings (SSSR count). The summed E-state index contributed by atoms with van der Waals surface area (Å²) in [5, 5.41) is 13.1. The van der Waals surface area contributed by atoms with Gasteiger partial charge in [-0.15, -0.1) is 0 Å². The first-order valence-corrected chi connectivity index (χ1v) is 6.44. The van der Waals surface area contributed by atoms with E-state index in [0.29, 0.717) is 13.1 Å². The predicted molar refractivity (Wildman–Crippen MR) is 71.9 cm³/mol. The largest absolute Gasteiger partial charge is 0.488 e. The van der Waals surface area contributed by atoms with Crippen molar-refractivity contribution in [1.29, 1.82) is 0 Å². The molecule has 1 aliphatic heterocycles. The molecular weight excluding hydrogens is 242 g/mol. The molecule has 2 heterocycles. The number of benzene rings is 1. The Morgan fingerprint density at radius 1 is 1.47 bits per heavy atom. The summed E-state index contributed by atoms with van der Waals surface area (Å²) in [5.74, 6) is 0.918. The minimum absolute atomic E-state index is 0.0728. The highest BCUT2D eigenvalue weighted by molar-refractivity contribution is 5.72. The number of nitrogens with zero attached hydrogens (tertiary/aromatic N) is 2. The summed E-state index contributed by atoms with van der Waals surface area (Å²) in [5.41, 5.74) is 8.92. The van der Waals surface area contributed by atoms with E-state index in [2.05, 4.69) is 11.2 Å². The highest BCUT2D eigenvalue weighted by Gasteiger charge is 2.24. The summed E-state index contributed by atoms with van der Waals surface area (Å²) in [6.45, 7) is 1.11. The molecule has 0 aliphatic carbocycles. The van der Waals surface area contributed by atoms with Gasteiger partial charge in [0.1, 0.15) is 11.9 Å². The van der Waals surface area contributed by atoms with Crippen molar-refractivity contribution < 1.29 is 9.84 Å². The lowest BCUT2D eigenvalue weighted by molar-refractivity contribution is 0.242. The lowest BCUT2D eigenvalue weighted by Gasteiger charge is -2.09. The van der Waals surface area contributed by atoms with Crippen molar-refractivity contribution >= 4 is 0 Å². The maximum Gasteiger partial charge on any atom is 0.131 e. The Hall–Kier alpha value is -1.85. The maximum absolute atomic E-state index is 8.92. The van der Waals surface area contributed by atoms with Crippen LogP contribution in [0.1, 0.15) is 5.56 Å². The van der Waals surface area contributed by atoms with Gasteiger partial charge < -0.3 is 15.6 Å². The second kappa shape index (κ2) is 5.03. The molecule has 3 N–H and O–H groups in total. The summed E-state index contributed by atoms with van der Waals surface area (Å²) in [7, 11) is 0. The standard InChI is InChI=1S/C14H17N3O2/c15-7-12-6-10-2-1-3-13(14(10)19-12)11-8-16-17(9-11)4-5-18/h1-3,8-9,12,18H,4-7,15H2/t12-/m1/s1. The molecule has 0 bridgehead atoms. The number of aromatic nitrogens is 2. The van der Waals surface area contributed by atoms with E-state index in [1.54, 1.807) is 10.9 Å². The Kier molecular flexibility index (Phi) is 3.23. The highest BCUT2D eigenvalue weighted by atomic mass is 16.5. The molecule has 5 heteroatoms. The predicted octanol–water partition coefficient (Wildman–Crippen LogP) is 0.805. The highest BCUT2D eigenvalue weighted by Crippen LogP contribution is 2.38. The van der Waals surface area contributed by atoms with E-state index in [4.69, 9.17) is 15.6 Å². The van der Waals surface area contributed by atoms with Crippen LogP contribution < -0.4 is 10.5 Å². The Morgan fingerprint density at radius 3 is 3.16 bits per heavy atom. The summed E-state index contributed by atoms with van der Waals surface area (Å²) < 4.78 is 7.63. The van der Waals surface area contributed by atoms with Crippen LogP contribution >= 0.6 is 0 Å². The van der Waals surface area contributed by atoms with E-state index < -0.39 is 0 Å². The molecule has 1 aliphatic rings. The molecular formula is C14H17N3O2. The second-order valence-electron chi connectivity index (χ2n) is 4.69. The fourth-order valence-electron chi connectivity index (χ4n) is 2.42. The molecule has 0 spiro atoms. The van der Waals surface area contributed by atoms with Crippen molar-refractivity contribution in [3.05, 3.63) is 36.2 Å². The van der Waals surface area contributed by atoms with Crippen LogP contribution in [0.4, 0.5) is 0 Å². The average Bonchev–Trinajstić information content (AvgIpc) is 3.04. The van der Waals surface area contributed by atoms with Crippen LogP contribution in [0, 0.1) is 0 Å². The summed E-state index contributed by atoms with van der Waals surface area (Å²) in [6, 6.07) is 6.13. The fourth-order valence-corrected chi connectivity index (χ4v) is 2.42. The van der Waals surface area contributed by atoms with Crippen LogP contribution in [0.2, 0.25) is 0 Å². The molecule has 0 saturated carbocycles. The van der Waals surface area contributed by atoms with Gasteiger partial charge in [0.25, 0.3) is 0 Å². The summed E-state index contributed by atoms with van der Waals surface area (Å²) in [6.07, 6.45) is 4.66. The molecule has 2 aromatic rings. The second-order valence-corrected chi connectivity index (χ2v) is 4.69. The van der Waals surface area contributed by atoms with E-state index in [1.807, 2.05) is 18.3 Å². The van der Waals surface area contributed by atoms with Gasteiger partial charge in [-0.25, -0.2) is 0 Å². The molecule has 0 radical (unpaired) electrons. The molecule has 0 fully saturated rings. The monoisotopic (exact) mass is 259 g/mol. The Labute approximate surface area is 111 Å². The lowest BCUT2D eigenvalue weighted by Crippen LogP contribution is -2.24. The fraction of sp³-hybridized carbons (Fsp3) is 0.357. The molecule has 19 heavy (non-hydrogen) atoms. The van der Waals surface area contributed by atoms with E-state index >= 15 is 0 Å². The molecule has 5 nitrogen and oxygen atoms in total. The number of aliphatic hydroxyl groups excluding tert-OH is 1. The molecule has 0 saturated heterocycles. The van der Waals surface area contributed by atoms with Gasteiger partial charge in [0.05, 0.1) is 19.3 Å². The zero-order chi connectivity index (χ0) is 13.2. The smallest absolute Gasteiger partial charge is 0.131 e. The normalized spacial score (nSPS) is 17.3. The summed E-state index contributed by atoms with van der Waals surface area (Å²) >= 11 is 0. The summed E-state index contributed by atoms with van der Waals surface area (Å²) in [4.78, 5) is 0. The number of fused-ring (bicyclic) bond motifs is 1. The van der Waals surface area contributed by atoms with Crippen LogP contribution in [0.15, 0.2) is 30.6 Å². The van der Waals surface area contributed by atoms with Crippen LogP contribution in [0.25, 0.3) is 11.1 Å². The van der Waals surface area contributed by atoms with Crippen LogP contribution in [0.3, 0.4) is 0 Å². The first-order chi connectivity index (χ1) is 9.31. The number of aliphatic hydroxyl groups is 1. The van der Waals surface area contributed by atoms with Crippen molar-refractivity contribution in [2.24, 2.45) is 5.73 Å². The molecule has 1 atom stereocenters. The topological polar surface area (TPSA) is 73.3 Å². The first-order valence-electron chi connectivity index (χ1n) is 6.44. The number of hydrogen-bond acceptors (Lipinski definition) is 4. The van der Waals surface area contributed by atoms with Crippen molar-refractivity contribution in [2.75, 3.05) is 13.2 Å². The number of para-hydroxylation sites is 1. The minimum atomic E-state index is 0.0728. The lowest BCUT2D eigenvalue weighted by atomic mass is 10.0. The van der Waals surface area contributed by atoms with Gasteiger partial charge in [0, 0.05) is 30.3 Å². The van der Waals surface area contributed by atoms with Gasteiger partial charge in [-0.1, -0.05) is 18.2 Å². The van der Waals surface area contributed by atoms with Crippen LogP contribution in [-0.4, -0.2) is 34.1 Å². The molecule has 1 aromatic heterocycles. The average molecular weight is 259 g/mol. The van der Waals surface area contributed by atoms with Crippen molar-refractivity contribution in [3.8, 4) is 16.9 Å². The van der Waals surface area contributed by atoms with Gasteiger partial charge in [-0.2, -0.15) is 5.10 Å².